The minimum absolute atomic E-state index is 0.0268. The van der Waals surface area contributed by atoms with Crippen LogP contribution in [0.4, 0.5) is 13.2 Å². The average Bonchev–Trinajstić information content (AvgIpc) is 3.26. The molecule has 3 fully saturated rings. The molecule has 2 aliphatic heterocycles. The predicted molar refractivity (Wildman–Crippen MR) is 148 cm³/mol. The topological polar surface area (TPSA) is 134 Å². The molecule has 1 aromatic rings. The molecule has 4 amide bonds. The summed E-state index contributed by atoms with van der Waals surface area (Å²) in [6.07, 6.45) is -4.69. The van der Waals surface area contributed by atoms with Crippen LogP contribution in [0.3, 0.4) is 0 Å². The summed E-state index contributed by atoms with van der Waals surface area (Å²) in [6, 6.07) is 4.87. The molecule has 2 heterocycles. The summed E-state index contributed by atoms with van der Waals surface area (Å²) in [7, 11) is 0. The van der Waals surface area contributed by atoms with E-state index in [4.69, 9.17) is 4.74 Å². The number of alkyl halides is 3. The zero-order valence-corrected chi connectivity index (χ0v) is 24.9. The molecule has 1 aliphatic carbocycles. The number of hydrogen-bond donors (Lipinski definition) is 3. The molecule has 13 heteroatoms. The minimum atomic E-state index is -5.20. The summed E-state index contributed by atoms with van der Waals surface area (Å²) < 4.78 is 45.0. The molecule has 43 heavy (non-hydrogen) atoms. The monoisotopic (exact) mass is 608 g/mol. The fourth-order valence-electron chi connectivity index (χ4n) is 6.29. The standard InChI is InChI=1S/C30H39F3N4O6/c1-28(2,3)23(36-27(42)30(31,32)33)26(41)37-14-18-21(29(18,4)5)22(37)25(40)35-19(13-16-11-12-34-24(16)39)20(38)15-43-17-9-7-6-8-10-17/h6-10,16,18-19,21-23H,11-15H2,1-5H3,(H,34,39)(H,35,40)(H,36,42)/t16-,18-,19-,21-,22-,23+/m0/s1. The number of ether oxygens (including phenoxy) is 1. The number of amides is 4. The number of carbonyl (C=O) groups excluding carboxylic acids is 5. The van der Waals surface area contributed by atoms with E-state index in [0.717, 1.165) is 0 Å². The molecule has 3 N–H and O–H groups in total. The summed E-state index contributed by atoms with van der Waals surface area (Å²) >= 11 is 0. The number of fused-ring (bicyclic) bond motifs is 1. The number of likely N-dealkylation sites (tertiary alicyclic amines) is 1. The van der Waals surface area contributed by atoms with E-state index in [0.29, 0.717) is 18.7 Å². The quantitative estimate of drug-likeness (QED) is 0.373. The van der Waals surface area contributed by atoms with Gasteiger partial charge in [0.2, 0.25) is 17.7 Å². The van der Waals surface area contributed by atoms with Crippen molar-refractivity contribution < 1.29 is 41.9 Å². The van der Waals surface area contributed by atoms with Crippen LogP contribution in [0.1, 0.15) is 47.5 Å². The van der Waals surface area contributed by atoms with Gasteiger partial charge in [0.05, 0.1) is 6.04 Å². The molecular weight excluding hydrogens is 569 g/mol. The SMILES string of the molecule is CC(C)(C)[C@H](NC(=O)C(F)(F)F)C(=O)N1C[C@H]2[C@@H]([C@H]1C(=O)N[C@@H](C[C@@H]1CCNC1=O)C(=O)COc1ccccc1)C2(C)C. The Bertz CT molecular complexity index is 1260. The van der Waals surface area contributed by atoms with E-state index >= 15 is 0 Å². The lowest BCUT2D eigenvalue weighted by molar-refractivity contribution is -0.176. The molecule has 4 rings (SSSR count). The van der Waals surface area contributed by atoms with Gasteiger partial charge in [-0.1, -0.05) is 52.8 Å². The average molecular weight is 609 g/mol. The highest BCUT2D eigenvalue weighted by Crippen LogP contribution is 2.65. The van der Waals surface area contributed by atoms with Crippen LogP contribution < -0.4 is 20.7 Å². The first-order chi connectivity index (χ1) is 19.9. The zero-order chi connectivity index (χ0) is 31.9. The van der Waals surface area contributed by atoms with Crippen LogP contribution in [0.15, 0.2) is 30.3 Å². The fraction of sp³-hybridized carbons (Fsp3) is 0.633. The van der Waals surface area contributed by atoms with E-state index in [2.05, 4.69) is 10.6 Å². The highest BCUT2D eigenvalue weighted by atomic mass is 19.4. The third kappa shape index (κ3) is 6.96. The number of carbonyl (C=O) groups is 5. The van der Waals surface area contributed by atoms with Crippen LogP contribution in [0.5, 0.6) is 5.75 Å². The lowest BCUT2D eigenvalue weighted by Crippen LogP contribution is -2.61. The van der Waals surface area contributed by atoms with Gasteiger partial charge >= 0.3 is 12.1 Å². The van der Waals surface area contributed by atoms with E-state index in [-0.39, 0.29) is 42.7 Å². The van der Waals surface area contributed by atoms with Gasteiger partial charge in [-0.25, -0.2) is 0 Å². The van der Waals surface area contributed by atoms with Crippen molar-refractivity contribution in [2.24, 2.45) is 28.6 Å². The number of benzene rings is 1. The van der Waals surface area contributed by atoms with Gasteiger partial charge in [0.1, 0.15) is 24.4 Å². The first-order valence-electron chi connectivity index (χ1n) is 14.4. The number of hydrogen-bond acceptors (Lipinski definition) is 6. The third-order valence-corrected chi connectivity index (χ3v) is 8.92. The number of rotatable bonds is 10. The Kier molecular flexibility index (Phi) is 8.86. The van der Waals surface area contributed by atoms with Gasteiger partial charge in [-0.05, 0) is 47.6 Å². The third-order valence-electron chi connectivity index (χ3n) is 8.92. The van der Waals surface area contributed by atoms with Crippen molar-refractivity contribution in [3.05, 3.63) is 30.3 Å². The van der Waals surface area contributed by atoms with Crippen molar-refractivity contribution in [3.63, 3.8) is 0 Å². The fourth-order valence-corrected chi connectivity index (χ4v) is 6.29. The Hall–Kier alpha value is -3.64. The minimum Gasteiger partial charge on any atom is -0.486 e. The molecule has 0 radical (unpaired) electrons. The highest BCUT2D eigenvalue weighted by Gasteiger charge is 2.70. The van der Waals surface area contributed by atoms with E-state index in [1.807, 2.05) is 19.2 Å². The smallest absolute Gasteiger partial charge is 0.471 e. The van der Waals surface area contributed by atoms with E-state index < -0.39 is 59.1 Å². The Morgan fingerprint density at radius 1 is 1.09 bits per heavy atom. The molecule has 1 aromatic carbocycles. The van der Waals surface area contributed by atoms with E-state index in [1.165, 1.54) is 25.7 Å². The van der Waals surface area contributed by atoms with Crippen LogP contribution in [-0.2, 0) is 24.0 Å². The van der Waals surface area contributed by atoms with Gasteiger partial charge in [-0.3, -0.25) is 24.0 Å². The van der Waals surface area contributed by atoms with Crippen LogP contribution in [-0.4, -0.2) is 78.3 Å². The molecule has 10 nitrogen and oxygen atoms in total. The number of Topliss-reactive ketones (excluding diaryl/α,β-unsaturated/α-hetero) is 1. The van der Waals surface area contributed by atoms with Gasteiger partial charge in [0, 0.05) is 19.0 Å². The Morgan fingerprint density at radius 3 is 2.30 bits per heavy atom. The molecule has 0 bridgehead atoms. The Balaban J connectivity index is 1.56. The summed E-state index contributed by atoms with van der Waals surface area (Å²) in [5, 5.41) is 7.30. The molecule has 2 saturated heterocycles. The van der Waals surface area contributed by atoms with Crippen molar-refractivity contribution in [2.75, 3.05) is 19.7 Å². The van der Waals surface area contributed by atoms with Crippen molar-refractivity contribution in [1.82, 2.24) is 20.9 Å². The molecule has 236 valence electrons. The van der Waals surface area contributed by atoms with Crippen molar-refractivity contribution >= 4 is 29.4 Å². The summed E-state index contributed by atoms with van der Waals surface area (Å²) in [6.45, 7) is 8.64. The van der Waals surface area contributed by atoms with Gasteiger partial charge in [0.25, 0.3) is 0 Å². The molecule has 3 aliphatic rings. The maximum absolute atomic E-state index is 13.9. The first kappa shape index (κ1) is 32.3. The largest absolute Gasteiger partial charge is 0.486 e. The van der Waals surface area contributed by atoms with Crippen molar-refractivity contribution in [1.29, 1.82) is 0 Å². The number of halogens is 3. The Labute approximate surface area is 248 Å². The molecule has 1 saturated carbocycles. The number of ketones is 1. The van der Waals surface area contributed by atoms with Gasteiger partial charge in [-0.15, -0.1) is 0 Å². The molecule has 0 spiro atoms. The molecule has 6 atom stereocenters. The highest BCUT2D eigenvalue weighted by molar-refractivity contribution is 5.97. The van der Waals surface area contributed by atoms with Crippen molar-refractivity contribution in [2.45, 2.75) is 71.8 Å². The second kappa shape index (κ2) is 11.8. The predicted octanol–water partition coefficient (Wildman–Crippen LogP) is 2.22. The zero-order valence-electron chi connectivity index (χ0n) is 24.9. The lowest BCUT2D eigenvalue weighted by atomic mass is 9.85. The first-order valence-corrected chi connectivity index (χ1v) is 14.4. The molecule has 0 aromatic heterocycles. The van der Waals surface area contributed by atoms with Crippen LogP contribution in [0.25, 0.3) is 0 Å². The summed E-state index contributed by atoms with van der Waals surface area (Å²) in [5.41, 5.74) is -1.43. The van der Waals surface area contributed by atoms with Crippen LogP contribution in [0, 0.1) is 28.6 Å². The number of nitrogens with zero attached hydrogens (tertiary/aromatic N) is 1. The number of nitrogens with one attached hydrogen (secondary N) is 3. The Morgan fingerprint density at radius 2 is 1.74 bits per heavy atom. The number of piperidine rings is 1. The van der Waals surface area contributed by atoms with Crippen molar-refractivity contribution in [3.8, 4) is 5.75 Å². The van der Waals surface area contributed by atoms with E-state index in [1.54, 1.807) is 30.3 Å². The number of para-hydroxylation sites is 1. The normalized spacial score (nSPS) is 25.7. The maximum atomic E-state index is 13.9. The van der Waals surface area contributed by atoms with E-state index in [9.17, 15) is 37.1 Å². The second-order valence-electron chi connectivity index (χ2n) is 13.3. The van der Waals surface area contributed by atoms with Crippen LogP contribution >= 0.6 is 0 Å². The molecular formula is C30H39F3N4O6. The van der Waals surface area contributed by atoms with Gasteiger partial charge < -0.3 is 25.6 Å². The second-order valence-corrected chi connectivity index (χ2v) is 13.3. The van der Waals surface area contributed by atoms with Gasteiger partial charge in [-0.2, -0.15) is 13.2 Å². The lowest BCUT2D eigenvalue weighted by Gasteiger charge is -2.38. The van der Waals surface area contributed by atoms with Crippen LogP contribution in [0.2, 0.25) is 0 Å². The maximum Gasteiger partial charge on any atom is 0.471 e. The molecule has 0 unspecified atom stereocenters. The van der Waals surface area contributed by atoms with Gasteiger partial charge in [0.15, 0.2) is 5.78 Å². The summed E-state index contributed by atoms with van der Waals surface area (Å²) in [4.78, 5) is 66.4. The summed E-state index contributed by atoms with van der Waals surface area (Å²) in [5.74, 6) is -4.86.